The lowest BCUT2D eigenvalue weighted by Crippen LogP contribution is -2.43. The Labute approximate surface area is 111 Å². The van der Waals surface area contributed by atoms with Crippen molar-refractivity contribution in [3.8, 4) is 0 Å². The first-order valence-electron chi connectivity index (χ1n) is 7.16. The first-order valence-corrected chi connectivity index (χ1v) is 7.16. The van der Waals surface area contributed by atoms with Crippen molar-refractivity contribution in [2.24, 2.45) is 11.7 Å². The number of rotatable bonds is 4. The highest BCUT2D eigenvalue weighted by Crippen LogP contribution is 2.39. The Kier molecular flexibility index (Phi) is 3.96. The highest BCUT2D eigenvalue weighted by molar-refractivity contribution is 5.51. The molecule has 100 valence electrons. The summed E-state index contributed by atoms with van der Waals surface area (Å²) in [5, 5.41) is 0. The smallest absolute Gasteiger partial charge is 0.0375 e. The van der Waals surface area contributed by atoms with Crippen LogP contribution in [0.15, 0.2) is 24.3 Å². The topological polar surface area (TPSA) is 29.3 Å². The van der Waals surface area contributed by atoms with Crippen molar-refractivity contribution >= 4 is 5.69 Å². The molecule has 2 heteroatoms. The van der Waals surface area contributed by atoms with Crippen molar-refractivity contribution in [1.29, 1.82) is 0 Å². The van der Waals surface area contributed by atoms with Crippen LogP contribution in [-0.4, -0.2) is 18.6 Å². The van der Waals surface area contributed by atoms with Gasteiger partial charge in [0.25, 0.3) is 0 Å². The van der Waals surface area contributed by atoms with Gasteiger partial charge < -0.3 is 10.6 Å². The summed E-state index contributed by atoms with van der Waals surface area (Å²) in [7, 11) is 0. The molecule has 1 fully saturated rings. The van der Waals surface area contributed by atoms with Crippen LogP contribution in [0.5, 0.6) is 0 Å². The molecule has 0 spiro atoms. The minimum atomic E-state index is 0.229. The van der Waals surface area contributed by atoms with Gasteiger partial charge in [-0.05, 0) is 63.3 Å². The normalized spacial score (nSPS) is 22.4. The molecule has 2 nitrogen and oxygen atoms in total. The number of benzene rings is 1. The predicted molar refractivity (Wildman–Crippen MR) is 79.0 cm³/mol. The largest absolute Gasteiger partial charge is 0.366 e. The average Bonchev–Trinajstić information content (AvgIpc) is 2.66. The molecular weight excluding hydrogens is 220 g/mol. The molecule has 0 bridgehead atoms. The van der Waals surface area contributed by atoms with Crippen molar-refractivity contribution in [1.82, 2.24) is 0 Å². The molecule has 1 unspecified atom stereocenters. The molecule has 1 heterocycles. The molecule has 1 aromatic rings. The quantitative estimate of drug-likeness (QED) is 0.884. The predicted octanol–water partition coefficient (Wildman–Crippen LogP) is 3.20. The molecule has 2 rings (SSSR count). The zero-order valence-electron chi connectivity index (χ0n) is 11.9. The van der Waals surface area contributed by atoms with Crippen LogP contribution in [0.3, 0.4) is 0 Å². The SMILES string of the molecule is CCc1ccc(N2CCC(CCN)C2(C)C)cc1. The average molecular weight is 246 g/mol. The van der Waals surface area contributed by atoms with Crippen molar-refractivity contribution in [3.05, 3.63) is 29.8 Å². The summed E-state index contributed by atoms with van der Waals surface area (Å²) in [5.41, 5.74) is 8.73. The molecule has 0 saturated carbocycles. The van der Waals surface area contributed by atoms with Gasteiger partial charge in [-0.15, -0.1) is 0 Å². The van der Waals surface area contributed by atoms with Crippen molar-refractivity contribution in [2.75, 3.05) is 18.0 Å². The van der Waals surface area contributed by atoms with E-state index in [0.29, 0.717) is 5.92 Å². The van der Waals surface area contributed by atoms with Gasteiger partial charge in [-0.25, -0.2) is 0 Å². The Morgan fingerprint density at radius 1 is 1.28 bits per heavy atom. The van der Waals surface area contributed by atoms with Gasteiger partial charge in [0.2, 0.25) is 0 Å². The maximum atomic E-state index is 5.73. The zero-order chi connectivity index (χ0) is 13.2. The van der Waals surface area contributed by atoms with Crippen LogP contribution in [-0.2, 0) is 6.42 Å². The summed E-state index contributed by atoms with van der Waals surface area (Å²) in [6.45, 7) is 8.87. The summed E-state index contributed by atoms with van der Waals surface area (Å²) in [6.07, 6.45) is 3.51. The molecule has 1 aromatic carbocycles. The summed E-state index contributed by atoms with van der Waals surface area (Å²) in [4.78, 5) is 2.55. The third kappa shape index (κ3) is 2.39. The first-order chi connectivity index (χ1) is 8.59. The number of nitrogens with zero attached hydrogens (tertiary/aromatic N) is 1. The number of anilines is 1. The Morgan fingerprint density at radius 3 is 2.50 bits per heavy atom. The first kappa shape index (κ1) is 13.4. The van der Waals surface area contributed by atoms with Crippen LogP contribution < -0.4 is 10.6 Å². The standard InChI is InChI=1S/C16H26N2/c1-4-13-5-7-15(8-6-13)18-12-10-14(9-11-17)16(18,2)3/h5-8,14H,4,9-12,17H2,1-3H3. The van der Waals surface area contributed by atoms with Gasteiger partial charge in [0, 0.05) is 17.8 Å². The van der Waals surface area contributed by atoms with E-state index in [-0.39, 0.29) is 5.54 Å². The van der Waals surface area contributed by atoms with Crippen LogP contribution in [0, 0.1) is 5.92 Å². The summed E-state index contributed by atoms with van der Waals surface area (Å²) >= 11 is 0. The number of hydrogen-bond acceptors (Lipinski definition) is 2. The van der Waals surface area contributed by atoms with E-state index >= 15 is 0 Å². The summed E-state index contributed by atoms with van der Waals surface area (Å²) < 4.78 is 0. The maximum absolute atomic E-state index is 5.73. The second kappa shape index (κ2) is 5.31. The monoisotopic (exact) mass is 246 g/mol. The zero-order valence-corrected chi connectivity index (χ0v) is 11.9. The third-order valence-electron chi connectivity index (χ3n) is 4.57. The molecule has 0 radical (unpaired) electrons. The molecule has 2 N–H and O–H groups in total. The second-order valence-corrected chi connectivity index (χ2v) is 5.89. The van der Waals surface area contributed by atoms with E-state index < -0.39 is 0 Å². The Morgan fingerprint density at radius 2 is 1.94 bits per heavy atom. The van der Waals surface area contributed by atoms with E-state index in [1.807, 2.05) is 0 Å². The van der Waals surface area contributed by atoms with Crippen molar-refractivity contribution < 1.29 is 0 Å². The molecule has 0 aromatic heterocycles. The lowest BCUT2D eigenvalue weighted by atomic mass is 9.85. The fourth-order valence-corrected chi connectivity index (χ4v) is 3.22. The number of hydrogen-bond donors (Lipinski definition) is 1. The van der Waals surface area contributed by atoms with E-state index in [1.54, 1.807) is 0 Å². The van der Waals surface area contributed by atoms with Crippen LogP contribution >= 0.6 is 0 Å². The molecule has 0 amide bonds. The van der Waals surface area contributed by atoms with E-state index in [0.717, 1.165) is 25.9 Å². The van der Waals surface area contributed by atoms with Gasteiger partial charge in [0.1, 0.15) is 0 Å². The van der Waals surface area contributed by atoms with E-state index in [4.69, 9.17) is 5.73 Å². The van der Waals surface area contributed by atoms with E-state index in [1.165, 1.54) is 17.7 Å². The fraction of sp³-hybridized carbons (Fsp3) is 0.625. The lowest BCUT2D eigenvalue weighted by molar-refractivity contribution is 0.349. The molecule has 1 aliphatic heterocycles. The number of aryl methyl sites for hydroxylation is 1. The van der Waals surface area contributed by atoms with Gasteiger partial charge in [0.15, 0.2) is 0 Å². The molecular formula is C16H26N2. The van der Waals surface area contributed by atoms with Crippen molar-refractivity contribution in [3.63, 3.8) is 0 Å². The van der Waals surface area contributed by atoms with Gasteiger partial charge in [0.05, 0.1) is 0 Å². The Balaban J connectivity index is 2.18. The van der Waals surface area contributed by atoms with E-state index in [2.05, 4.69) is 49.9 Å². The fourth-order valence-electron chi connectivity index (χ4n) is 3.22. The van der Waals surface area contributed by atoms with Crippen molar-refractivity contribution in [2.45, 2.75) is 45.6 Å². The van der Waals surface area contributed by atoms with Gasteiger partial charge in [-0.1, -0.05) is 19.1 Å². The van der Waals surface area contributed by atoms with Gasteiger partial charge >= 0.3 is 0 Å². The molecule has 18 heavy (non-hydrogen) atoms. The second-order valence-electron chi connectivity index (χ2n) is 5.89. The summed E-state index contributed by atoms with van der Waals surface area (Å²) in [5.74, 6) is 0.716. The Hall–Kier alpha value is -1.02. The van der Waals surface area contributed by atoms with E-state index in [9.17, 15) is 0 Å². The van der Waals surface area contributed by atoms with Crippen LogP contribution in [0.4, 0.5) is 5.69 Å². The molecule has 1 aliphatic rings. The van der Waals surface area contributed by atoms with Gasteiger partial charge in [-0.2, -0.15) is 0 Å². The molecule has 0 aliphatic carbocycles. The molecule has 1 atom stereocenters. The highest BCUT2D eigenvalue weighted by Gasteiger charge is 2.40. The van der Waals surface area contributed by atoms with Crippen LogP contribution in [0.25, 0.3) is 0 Å². The maximum Gasteiger partial charge on any atom is 0.0375 e. The highest BCUT2D eigenvalue weighted by atomic mass is 15.2. The Bertz CT molecular complexity index is 381. The van der Waals surface area contributed by atoms with Gasteiger partial charge in [-0.3, -0.25) is 0 Å². The minimum absolute atomic E-state index is 0.229. The lowest BCUT2D eigenvalue weighted by Gasteiger charge is -2.38. The minimum Gasteiger partial charge on any atom is -0.366 e. The molecule has 1 saturated heterocycles. The van der Waals surface area contributed by atoms with Crippen LogP contribution in [0.1, 0.15) is 39.2 Å². The third-order valence-corrected chi connectivity index (χ3v) is 4.57. The summed E-state index contributed by atoms with van der Waals surface area (Å²) in [6, 6.07) is 9.04. The number of nitrogens with two attached hydrogens (primary N) is 1. The van der Waals surface area contributed by atoms with Crippen LogP contribution in [0.2, 0.25) is 0 Å².